The van der Waals surface area contributed by atoms with Crippen LogP contribution in [0, 0.1) is 0 Å². The molecule has 1 heterocycles. The maximum Gasteiger partial charge on any atom is 0.127 e. The highest BCUT2D eigenvalue weighted by atomic mass is 16.5. The van der Waals surface area contributed by atoms with Gasteiger partial charge in [-0.15, -0.1) is 0 Å². The van der Waals surface area contributed by atoms with Gasteiger partial charge in [0.1, 0.15) is 5.82 Å². The minimum Gasteiger partial charge on any atom is -0.384 e. The molecule has 0 radical (unpaired) electrons. The summed E-state index contributed by atoms with van der Waals surface area (Å²) in [6.45, 7) is 7.31. The van der Waals surface area contributed by atoms with Gasteiger partial charge in [0.25, 0.3) is 0 Å². The summed E-state index contributed by atoms with van der Waals surface area (Å²) in [4.78, 5) is 0. The third-order valence-corrected chi connectivity index (χ3v) is 1.86. The van der Waals surface area contributed by atoms with E-state index < -0.39 is 0 Å². The zero-order valence-electron chi connectivity index (χ0n) is 8.45. The second-order valence-electron chi connectivity index (χ2n) is 3.23. The Balaban J connectivity index is 2.74. The second-order valence-corrected chi connectivity index (χ2v) is 3.23. The molecule has 0 saturated heterocycles. The minimum atomic E-state index is 0.301. The van der Waals surface area contributed by atoms with Gasteiger partial charge < -0.3 is 10.5 Å². The van der Waals surface area contributed by atoms with Gasteiger partial charge in [-0.05, 0) is 20.8 Å². The van der Waals surface area contributed by atoms with Crippen molar-refractivity contribution in [3.63, 3.8) is 0 Å². The average molecular weight is 183 g/mol. The Morgan fingerprint density at radius 2 is 2.31 bits per heavy atom. The van der Waals surface area contributed by atoms with E-state index in [2.05, 4.69) is 5.10 Å². The largest absolute Gasteiger partial charge is 0.384 e. The normalized spacial score (nSPS) is 11.1. The zero-order chi connectivity index (χ0) is 9.84. The number of hydrogen-bond acceptors (Lipinski definition) is 3. The van der Waals surface area contributed by atoms with Crippen molar-refractivity contribution in [3.05, 3.63) is 11.8 Å². The Kier molecular flexibility index (Phi) is 3.31. The molecule has 74 valence electrons. The number of aromatic nitrogens is 2. The van der Waals surface area contributed by atoms with Crippen LogP contribution in [-0.2, 0) is 11.3 Å². The highest BCUT2D eigenvalue weighted by molar-refractivity contribution is 5.38. The summed E-state index contributed by atoms with van der Waals surface area (Å²) in [5.74, 6) is 0.712. The number of nitrogen functional groups attached to an aromatic ring is 1. The van der Waals surface area contributed by atoms with Crippen LogP contribution < -0.4 is 5.73 Å². The fourth-order valence-corrected chi connectivity index (χ4v) is 1.14. The van der Waals surface area contributed by atoms with Crippen molar-refractivity contribution in [3.8, 4) is 0 Å². The van der Waals surface area contributed by atoms with E-state index in [1.54, 1.807) is 10.9 Å². The molecule has 0 saturated carbocycles. The van der Waals surface area contributed by atoms with Crippen molar-refractivity contribution in [1.29, 1.82) is 0 Å². The first-order chi connectivity index (χ1) is 6.16. The highest BCUT2D eigenvalue weighted by Gasteiger charge is 2.08. The maximum absolute atomic E-state index is 5.87. The Hall–Kier alpha value is -1.03. The summed E-state index contributed by atoms with van der Waals surface area (Å²) in [7, 11) is 0. The third-order valence-electron chi connectivity index (χ3n) is 1.86. The van der Waals surface area contributed by atoms with Crippen LogP contribution in [-0.4, -0.2) is 16.4 Å². The summed E-state index contributed by atoms with van der Waals surface area (Å²) >= 11 is 0. The molecule has 0 aliphatic rings. The summed E-state index contributed by atoms with van der Waals surface area (Å²) in [5, 5.41) is 4.18. The molecule has 0 aliphatic heterocycles. The quantitative estimate of drug-likeness (QED) is 0.771. The molecule has 4 heteroatoms. The number of anilines is 1. The molecule has 1 aromatic rings. The van der Waals surface area contributed by atoms with E-state index in [-0.39, 0.29) is 0 Å². The number of ether oxygens (including phenoxy) is 1. The second kappa shape index (κ2) is 4.28. The van der Waals surface area contributed by atoms with Crippen LogP contribution in [0.25, 0.3) is 0 Å². The maximum atomic E-state index is 5.87. The van der Waals surface area contributed by atoms with Gasteiger partial charge in [0.2, 0.25) is 0 Å². The van der Waals surface area contributed by atoms with Crippen LogP contribution in [0.15, 0.2) is 6.20 Å². The molecular formula is C9H17N3O. The van der Waals surface area contributed by atoms with E-state index in [1.807, 2.05) is 20.8 Å². The van der Waals surface area contributed by atoms with Crippen molar-refractivity contribution in [2.45, 2.75) is 33.4 Å². The lowest BCUT2D eigenvalue weighted by Gasteiger charge is -2.08. The molecule has 0 aromatic carbocycles. The lowest BCUT2D eigenvalue weighted by atomic mass is 10.3. The van der Waals surface area contributed by atoms with Gasteiger partial charge in [0, 0.05) is 18.2 Å². The van der Waals surface area contributed by atoms with Crippen LogP contribution in [0.2, 0.25) is 0 Å². The smallest absolute Gasteiger partial charge is 0.127 e. The van der Waals surface area contributed by atoms with Crippen molar-refractivity contribution in [1.82, 2.24) is 9.78 Å². The van der Waals surface area contributed by atoms with Crippen molar-refractivity contribution >= 4 is 5.82 Å². The predicted octanol–water partition coefficient (Wildman–Crippen LogP) is 1.58. The first-order valence-electron chi connectivity index (χ1n) is 4.56. The summed E-state index contributed by atoms with van der Waals surface area (Å²) in [6, 6.07) is 0.301. The Morgan fingerprint density at radius 1 is 1.62 bits per heavy atom. The van der Waals surface area contributed by atoms with E-state index >= 15 is 0 Å². The fourth-order valence-electron chi connectivity index (χ4n) is 1.14. The third kappa shape index (κ3) is 2.21. The molecule has 0 fully saturated rings. The van der Waals surface area contributed by atoms with E-state index in [4.69, 9.17) is 10.5 Å². The highest BCUT2D eigenvalue weighted by Crippen LogP contribution is 2.16. The number of nitrogens with two attached hydrogens (primary N) is 1. The van der Waals surface area contributed by atoms with E-state index in [0.29, 0.717) is 25.1 Å². The van der Waals surface area contributed by atoms with Gasteiger partial charge in [-0.2, -0.15) is 5.10 Å². The summed E-state index contributed by atoms with van der Waals surface area (Å²) in [5.41, 5.74) is 6.83. The first kappa shape index (κ1) is 10.1. The topological polar surface area (TPSA) is 53.1 Å². The lowest BCUT2D eigenvalue weighted by molar-refractivity contribution is 0.134. The SMILES string of the molecule is CCOCc1cnn(C(C)C)c1N. The fraction of sp³-hybridized carbons (Fsp3) is 0.667. The van der Waals surface area contributed by atoms with Crippen molar-refractivity contribution in [2.24, 2.45) is 0 Å². The van der Waals surface area contributed by atoms with Crippen LogP contribution in [0.4, 0.5) is 5.82 Å². The van der Waals surface area contributed by atoms with Gasteiger partial charge >= 0.3 is 0 Å². The Morgan fingerprint density at radius 3 is 2.77 bits per heavy atom. The van der Waals surface area contributed by atoms with Crippen LogP contribution in [0.1, 0.15) is 32.4 Å². The zero-order valence-corrected chi connectivity index (χ0v) is 8.45. The van der Waals surface area contributed by atoms with Crippen LogP contribution in [0.3, 0.4) is 0 Å². The summed E-state index contributed by atoms with van der Waals surface area (Å²) in [6.07, 6.45) is 1.77. The summed E-state index contributed by atoms with van der Waals surface area (Å²) < 4.78 is 7.06. The standard InChI is InChI=1S/C9H17N3O/c1-4-13-6-8-5-11-12(7(2)3)9(8)10/h5,7H,4,6,10H2,1-3H3. The minimum absolute atomic E-state index is 0.301. The number of nitrogens with zero attached hydrogens (tertiary/aromatic N) is 2. The molecule has 4 nitrogen and oxygen atoms in total. The molecule has 0 amide bonds. The van der Waals surface area contributed by atoms with Gasteiger partial charge in [0.05, 0.1) is 12.8 Å². The average Bonchev–Trinajstić information content (AvgIpc) is 2.43. The molecule has 0 bridgehead atoms. The van der Waals surface area contributed by atoms with Crippen molar-refractivity contribution < 1.29 is 4.74 Å². The molecule has 0 aliphatic carbocycles. The van der Waals surface area contributed by atoms with E-state index in [1.165, 1.54) is 0 Å². The lowest BCUT2D eigenvalue weighted by Crippen LogP contribution is -2.07. The number of hydrogen-bond donors (Lipinski definition) is 1. The van der Waals surface area contributed by atoms with Gasteiger partial charge in [-0.3, -0.25) is 0 Å². The molecule has 1 rings (SSSR count). The van der Waals surface area contributed by atoms with Crippen LogP contribution in [0.5, 0.6) is 0 Å². The molecule has 0 spiro atoms. The van der Waals surface area contributed by atoms with Gasteiger partial charge in [-0.1, -0.05) is 0 Å². The molecule has 0 unspecified atom stereocenters. The van der Waals surface area contributed by atoms with Gasteiger partial charge in [0.15, 0.2) is 0 Å². The molecule has 13 heavy (non-hydrogen) atoms. The van der Waals surface area contributed by atoms with Crippen molar-refractivity contribution in [2.75, 3.05) is 12.3 Å². The monoisotopic (exact) mass is 183 g/mol. The number of rotatable bonds is 4. The molecule has 2 N–H and O–H groups in total. The Bertz CT molecular complexity index is 268. The molecule has 1 aromatic heterocycles. The molecule has 0 atom stereocenters. The first-order valence-corrected chi connectivity index (χ1v) is 4.56. The van der Waals surface area contributed by atoms with Crippen LogP contribution >= 0.6 is 0 Å². The molecular weight excluding hydrogens is 166 g/mol. The Labute approximate surface area is 78.7 Å². The van der Waals surface area contributed by atoms with E-state index in [0.717, 1.165) is 5.56 Å². The van der Waals surface area contributed by atoms with E-state index in [9.17, 15) is 0 Å². The predicted molar refractivity (Wildman–Crippen MR) is 52.4 cm³/mol. The van der Waals surface area contributed by atoms with Gasteiger partial charge in [-0.25, -0.2) is 4.68 Å².